The van der Waals surface area contributed by atoms with Crippen LogP contribution in [0.4, 0.5) is 0 Å². The number of nitrogens with two attached hydrogens (primary N) is 1. The van der Waals surface area contributed by atoms with Crippen molar-refractivity contribution in [2.75, 3.05) is 6.61 Å². The number of halogens is 1. The number of aliphatic hydroxyl groups excluding tert-OH is 1. The Morgan fingerprint density at radius 2 is 1.78 bits per heavy atom. The van der Waals surface area contributed by atoms with E-state index in [-0.39, 0.29) is 12.6 Å². The Bertz CT molecular complexity index is 515. The highest BCUT2D eigenvalue weighted by molar-refractivity contribution is 7.99. The van der Waals surface area contributed by atoms with Crippen molar-refractivity contribution in [3.63, 3.8) is 0 Å². The lowest BCUT2D eigenvalue weighted by Crippen LogP contribution is -2.15. The van der Waals surface area contributed by atoms with Gasteiger partial charge in [-0.05, 0) is 35.9 Å². The molecule has 0 aliphatic heterocycles. The summed E-state index contributed by atoms with van der Waals surface area (Å²) in [7, 11) is 0. The predicted octanol–water partition coefficient (Wildman–Crippen LogP) is 3.48. The lowest BCUT2D eigenvalue weighted by molar-refractivity contribution is 0.267. The van der Waals surface area contributed by atoms with Gasteiger partial charge in [-0.25, -0.2) is 0 Å². The summed E-state index contributed by atoms with van der Waals surface area (Å²) < 4.78 is 0. The zero-order valence-electron chi connectivity index (χ0n) is 9.71. The van der Waals surface area contributed by atoms with E-state index in [0.717, 1.165) is 20.4 Å². The molecule has 2 nitrogen and oxygen atoms in total. The highest BCUT2D eigenvalue weighted by atomic mass is 35.5. The Labute approximate surface area is 116 Å². The summed E-state index contributed by atoms with van der Waals surface area (Å²) in [5, 5.41) is 9.89. The van der Waals surface area contributed by atoms with Crippen LogP contribution >= 0.6 is 23.4 Å². The third-order valence-corrected chi connectivity index (χ3v) is 3.91. The van der Waals surface area contributed by atoms with Gasteiger partial charge in [0.25, 0.3) is 0 Å². The third-order valence-electron chi connectivity index (χ3n) is 2.56. The second kappa shape index (κ2) is 6.25. The molecule has 0 saturated carbocycles. The molecule has 0 aliphatic carbocycles. The van der Waals surface area contributed by atoms with Crippen LogP contribution in [0.2, 0.25) is 5.02 Å². The first-order valence-corrected chi connectivity index (χ1v) is 6.79. The summed E-state index contributed by atoms with van der Waals surface area (Å²) in [5.41, 5.74) is 6.85. The van der Waals surface area contributed by atoms with Crippen LogP contribution in [0, 0.1) is 0 Å². The van der Waals surface area contributed by atoms with Gasteiger partial charge >= 0.3 is 0 Å². The average Bonchev–Trinajstić information content (AvgIpc) is 2.41. The van der Waals surface area contributed by atoms with Crippen LogP contribution in [0.25, 0.3) is 0 Å². The van der Waals surface area contributed by atoms with Gasteiger partial charge in [-0.15, -0.1) is 0 Å². The molecule has 2 rings (SSSR count). The first-order valence-electron chi connectivity index (χ1n) is 5.59. The van der Waals surface area contributed by atoms with Crippen LogP contribution in [-0.2, 0) is 0 Å². The number of aliphatic hydroxyl groups is 1. The van der Waals surface area contributed by atoms with Crippen LogP contribution in [0.5, 0.6) is 0 Å². The van der Waals surface area contributed by atoms with Gasteiger partial charge in [-0.1, -0.05) is 41.6 Å². The van der Waals surface area contributed by atoms with Crippen molar-refractivity contribution in [3.05, 3.63) is 59.1 Å². The van der Waals surface area contributed by atoms with Crippen LogP contribution in [0.3, 0.4) is 0 Å². The molecule has 0 amide bonds. The fourth-order valence-corrected chi connectivity index (χ4v) is 2.74. The van der Waals surface area contributed by atoms with Crippen LogP contribution in [-0.4, -0.2) is 11.7 Å². The minimum atomic E-state index is -0.346. The molecule has 18 heavy (non-hydrogen) atoms. The molecule has 2 aromatic carbocycles. The molecule has 0 fully saturated rings. The molecule has 0 spiro atoms. The highest BCUT2D eigenvalue weighted by Gasteiger charge is 2.10. The maximum absolute atomic E-state index is 9.16. The second-order valence-corrected chi connectivity index (χ2v) is 5.43. The van der Waals surface area contributed by atoms with E-state index in [0.29, 0.717) is 0 Å². The molecule has 0 aromatic heterocycles. The molecule has 0 saturated heterocycles. The Morgan fingerprint density at radius 1 is 1.11 bits per heavy atom. The van der Waals surface area contributed by atoms with E-state index in [1.807, 2.05) is 48.5 Å². The second-order valence-electron chi connectivity index (χ2n) is 3.88. The number of hydrogen-bond donors (Lipinski definition) is 2. The quantitative estimate of drug-likeness (QED) is 0.901. The standard InChI is InChI=1S/C14H14ClNOS/c15-10-5-7-11(8-6-10)18-14-4-2-1-3-12(14)13(16)9-17/h1-8,13,17H,9,16H2/t13-/m1/s1. The van der Waals surface area contributed by atoms with Crippen LogP contribution < -0.4 is 5.73 Å². The summed E-state index contributed by atoms with van der Waals surface area (Å²) in [6.07, 6.45) is 0. The molecule has 1 atom stereocenters. The SMILES string of the molecule is N[C@H](CO)c1ccccc1Sc1ccc(Cl)cc1. The van der Waals surface area contributed by atoms with E-state index in [2.05, 4.69) is 0 Å². The minimum absolute atomic E-state index is 0.0574. The van der Waals surface area contributed by atoms with E-state index < -0.39 is 0 Å². The van der Waals surface area contributed by atoms with E-state index in [1.165, 1.54) is 0 Å². The fourth-order valence-electron chi connectivity index (χ4n) is 1.61. The summed E-state index contributed by atoms with van der Waals surface area (Å²) in [6, 6.07) is 15.1. The number of hydrogen-bond acceptors (Lipinski definition) is 3. The highest BCUT2D eigenvalue weighted by Crippen LogP contribution is 2.33. The zero-order valence-corrected chi connectivity index (χ0v) is 11.3. The van der Waals surface area contributed by atoms with Gasteiger partial charge in [0.05, 0.1) is 12.6 Å². The van der Waals surface area contributed by atoms with Gasteiger partial charge in [-0.2, -0.15) is 0 Å². The van der Waals surface area contributed by atoms with E-state index in [4.69, 9.17) is 22.4 Å². The van der Waals surface area contributed by atoms with Crippen LogP contribution in [0.1, 0.15) is 11.6 Å². The number of rotatable bonds is 4. The van der Waals surface area contributed by atoms with E-state index in [9.17, 15) is 0 Å². The molecular weight excluding hydrogens is 266 g/mol. The molecular formula is C14H14ClNOS. The van der Waals surface area contributed by atoms with Gasteiger partial charge in [0.15, 0.2) is 0 Å². The molecule has 2 aromatic rings. The number of benzene rings is 2. The van der Waals surface area contributed by atoms with Gasteiger partial charge in [-0.3, -0.25) is 0 Å². The normalized spacial score (nSPS) is 12.4. The summed E-state index contributed by atoms with van der Waals surface area (Å²) in [6.45, 7) is -0.0574. The third kappa shape index (κ3) is 3.27. The summed E-state index contributed by atoms with van der Waals surface area (Å²) in [5.74, 6) is 0. The topological polar surface area (TPSA) is 46.2 Å². The fraction of sp³-hybridized carbons (Fsp3) is 0.143. The Kier molecular flexibility index (Phi) is 4.66. The first kappa shape index (κ1) is 13.4. The Balaban J connectivity index is 2.26. The largest absolute Gasteiger partial charge is 0.394 e. The van der Waals surface area contributed by atoms with Crippen molar-refractivity contribution in [1.82, 2.24) is 0 Å². The van der Waals surface area contributed by atoms with Crippen molar-refractivity contribution in [2.24, 2.45) is 5.73 Å². The molecule has 94 valence electrons. The summed E-state index contributed by atoms with van der Waals surface area (Å²) in [4.78, 5) is 2.15. The van der Waals surface area contributed by atoms with Crippen molar-refractivity contribution in [2.45, 2.75) is 15.8 Å². The predicted molar refractivity (Wildman–Crippen MR) is 76.0 cm³/mol. The van der Waals surface area contributed by atoms with Crippen molar-refractivity contribution < 1.29 is 5.11 Å². The van der Waals surface area contributed by atoms with E-state index >= 15 is 0 Å². The molecule has 0 radical (unpaired) electrons. The van der Waals surface area contributed by atoms with E-state index in [1.54, 1.807) is 11.8 Å². The first-order chi connectivity index (χ1) is 8.70. The zero-order chi connectivity index (χ0) is 13.0. The van der Waals surface area contributed by atoms with Crippen LogP contribution in [0.15, 0.2) is 58.3 Å². The Morgan fingerprint density at radius 3 is 2.44 bits per heavy atom. The van der Waals surface area contributed by atoms with Gasteiger partial charge in [0, 0.05) is 14.8 Å². The minimum Gasteiger partial charge on any atom is -0.394 e. The lowest BCUT2D eigenvalue weighted by Gasteiger charge is -2.13. The van der Waals surface area contributed by atoms with Gasteiger partial charge < -0.3 is 10.8 Å². The molecule has 0 bridgehead atoms. The molecule has 0 heterocycles. The van der Waals surface area contributed by atoms with Gasteiger partial charge in [0.1, 0.15) is 0 Å². The monoisotopic (exact) mass is 279 g/mol. The summed E-state index contributed by atoms with van der Waals surface area (Å²) >= 11 is 7.47. The molecule has 0 unspecified atom stereocenters. The smallest absolute Gasteiger partial charge is 0.0624 e. The molecule has 0 aliphatic rings. The van der Waals surface area contributed by atoms with Crippen molar-refractivity contribution >= 4 is 23.4 Å². The maximum Gasteiger partial charge on any atom is 0.0624 e. The van der Waals surface area contributed by atoms with Crippen molar-refractivity contribution in [3.8, 4) is 0 Å². The lowest BCUT2D eigenvalue weighted by atomic mass is 10.1. The Hall–Kier alpha value is -1.00. The maximum atomic E-state index is 9.16. The molecule has 4 heteroatoms. The van der Waals surface area contributed by atoms with Gasteiger partial charge in [0.2, 0.25) is 0 Å². The average molecular weight is 280 g/mol. The van der Waals surface area contributed by atoms with Crippen molar-refractivity contribution in [1.29, 1.82) is 0 Å². The molecule has 3 N–H and O–H groups in total.